The van der Waals surface area contributed by atoms with Gasteiger partial charge in [-0.3, -0.25) is 4.68 Å². The first kappa shape index (κ1) is 13.2. The molecule has 2 fully saturated rings. The van der Waals surface area contributed by atoms with Crippen LogP contribution < -0.4 is 5.32 Å². The highest BCUT2D eigenvalue weighted by molar-refractivity contribution is 5.12. The fourth-order valence-electron chi connectivity index (χ4n) is 4.77. The molecule has 1 unspecified atom stereocenters. The van der Waals surface area contributed by atoms with Crippen molar-refractivity contribution in [1.82, 2.24) is 15.1 Å². The quantitative estimate of drug-likeness (QED) is 0.903. The molecule has 0 radical (unpaired) electrons. The Bertz CT molecular complexity index is 458. The zero-order valence-corrected chi connectivity index (χ0v) is 12.7. The highest BCUT2D eigenvalue weighted by Crippen LogP contribution is 2.62. The Morgan fingerprint density at radius 3 is 2.79 bits per heavy atom. The summed E-state index contributed by atoms with van der Waals surface area (Å²) in [6.45, 7) is 8.49. The second-order valence-corrected chi connectivity index (χ2v) is 7.57. The van der Waals surface area contributed by atoms with Crippen LogP contribution in [0.5, 0.6) is 0 Å². The van der Waals surface area contributed by atoms with Crippen LogP contribution in [0.1, 0.15) is 45.6 Å². The van der Waals surface area contributed by atoms with Crippen LogP contribution in [0, 0.1) is 16.7 Å². The fraction of sp³-hybridized carbons (Fsp3) is 0.812. The Morgan fingerprint density at radius 1 is 1.42 bits per heavy atom. The van der Waals surface area contributed by atoms with E-state index in [4.69, 9.17) is 0 Å². The van der Waals surface area contributed by atoms with Gasteiger partial charge in [-0.1, -0.05) is 20.8 Å². The lowest BCUT2D eigenvalue weighted by Gasteiger charge is -2.43. The molecule has 0 spiro atoms. The summed E-state index contributed by atoms with van der Waals surface area (Å²) in [5.41, 5.74) is 2.33. The van der Waals surface area contributed by atoms with Crippen molar-refractivity contribution in [2.75, 3.05) is 6.54 Å². The van der Waals surface area contributed by atoms with E-state index in [1.807, 2.05) is 17.9 Å². The molecule has 2 aliphatic carbocycles. The molecule has 2 bridgehead atoms. The fourth-order valence-corrected chi connectivity index (χ4v) is 4.77. The van der Waals surface area contributed by atoms with E-state index < -0.39 is 0 Å². The van der Waals surface area contributed by atoms with E-state index in [0.717, 1.165) is 18.9 Å². The second kappa shape index (κ2) is 4.34. The Labute approximate surface area is 116 Å². The van der Waals surface area contributed by atoms with E-state index >= 15 is 0 Å². The Balaban J connectivity index is 1.60. The van der Waals surface area contributed by atoms with Crippen molar-refractivity contribution in [2.45, 2.75) is 52.5 Å². The van der Waals surface area contributed by atoms with Crippen LogP contribution in [0.3, 0.4) is 0 Å². The lowest BCUT2D eigenvalue weighted by atomic mass is 9.68. The standard InChI is InChI=1S/C16H27N3/c1-15(2)13-5-7-16(3,9-13)14(15)17-8-6-12-10-18-19(4)11-12/h10-11,13-14,17H,5-9H2,1-4H3/t13-,14?,16+/m0/s1. The average Bonchev–Trinajstić information content (AvgIpc) is 2.95. The predicted octanol–water partition coefficient (Wildman–Crippen LogP) is 2.77. The molecule has 1 N–H and O–H groups in total. The van der Waals surface area contributed by atoms with Crippen LogP contribution in [0.25, 0.3) is 0 Å². The molecule has 0 aromatic carbocycles. The minimum Gasteiger partial charge on any atom is -0.313 e. The maximum absolute atomic E-state index is 4.24. The van der Waals surface area contributed by atoms with Crippen LogP contribution in [0.4, 0.5) is 0 Å². The van der Waals surface area contributed by atoms with Gasteiger partial charge in [0.15, 0.2) is 0 Å². The van der Waals surface area contributed by atoms with E-state index in [-0.39, 0.29) is 0 Å². The summed E-state index contributed by atoms with van der Waals surface area (Å²) in [7, 11) is 1.98. The molecule has 19 heavy (non-hydrogen) atoms. The maximum atomic E-state index is 4.24. The number of hydrogen-bond donors (Lipinski definition) is 1. The van der Waals surface area contributed by atoms with Crippen molar-refractivity contribution in [3.8, 4) is 0 Å². The van der Waals surface area contributed by atoms with Gasteiger partial charge in [-0.25, -0.2) is 0 Å². The monoisotopic (exact) mass is 261 g/mol. The molecule has 0 saturated heterocycles. The molecule has 3 heteroatoms. The molecule has 1 heterocycles. The van der Waals surface area contributed by atoms with Crippen LogP contribution in [0.2, 0.25) is 0 Å². The van der Waals surface area contributed by atoms with Crippen molar-refractivity contribution >= 4 is 0 Å². The Morgan fingerprint density at radius 2 is 2.21 bits per heavy atom. The summed E-state index contributed by atoms with van der Waals surface area (Å²) in [4.78, 5) is 0. The van der Waals surface area contributed by atoms with E-state index in [2.05, 4.69) is 37.4 Å². The first-order chi connectivity index (χ1) is 8.92. The number of nitrogens with zero attached hydrogens (tertiary/aromatic N) is 2. The number of nitrogens with one attached hydrogen (secondary N) is 1. The molecule has 1 aromatic rings. The lowest BCUT2D eigenvalue weighted by molar-refractivity contribution is 0.110. The first-order valence-electron chi connectivity index (χ1n) is 7.63. The van der Waals surface area contributed by atoms with E-state index in [1.165, 1.54) is 24.8 Å². The highest BCUT2D eigenvalue weighted by atomic mass is 15.2. The topological polar surface area (TPSA) is 29.9 Å². The summed E-state index contributed by atoms with van der Waals surface area (Å²) in [5.74, 6) is 0.924. The van der Waals surface area contributed by atoms with Crippen LogP contribution in [-0.2, 0) is 13.5 Å². The summed E-state index contributed by atoms with van der Waals surface area (Å²) in [6.07, 6.45) is 9.45. The molecule has 3 rings (SSSR count). The van der Waals surface area contributed by atoms with Crippen molar-refractivity contribution in [3.05, 3.63) is 18.0 Å². The largest absolute Gasteiger partial charge is 0.313 e. The molecule has 0 amide bonds. The number of hydrogen-bond acceptors (Lipinski definition) is 2. The molecule has 0 aliphatic heterocycles. The van der Waals surface area contributed by atoms with Crippen LogP contribution in [-0.4, -0.2) is 22.4 Å². The van der Waals surface area contributed by atoms with Gasteiger partial charge in [0.1, 0.15) is 0 Å². The van der Waals surface area contributed by atoms with Crippen molar-refractivity contribution in [3.63, 3.8) is 0 Å². The molecule has 2 saturated carbocycles. The van der Waals surface area contributed by atoms with Gasteiger partial charge >= 0.3 is 0 Å². The normalized spacial score (nSPS) is 36.0. The third-order valence-electron chi connectivity index (χ3n) is 5.79. The smallest absolute Gasteiger partial charge is 0.0522 e. The molecule has 1 aromatic heterocycles. The zero-order chi connectivity index (χ0) is 13.7. The minimum absolute atomic E-state index is 0.460. The van der Waals surface area contributed by atoms with Gasteiger partial charge in [0.05, 0.1) is 6.20 Å². The molecule has 2 aliphatic rings. The van der Waals surface area contributed by atoms with Crippen molar-refractivity contribution in [1.29, 1.82) is 0 Å². The SMILES string of the molecule is Cn1cc(CCNC2C(C)(C)[C@H]3CC[C@]2(C)C3)cn1. The summed E-state index contributed by atoms with van der Waals surface area (Å²) < 4.78 is 1.89. The Hall–Kier alpha value is -0.830. The molecular weight excluding hydrogens is 234 g/mol. The van der Waals surface area contributed by atoms with Gasteiger partial charge in [0.2, 0.25) is 0 Å². The third kappa shape index (κ3) is 2.12. The van der Waals surface area contributed by atoms with E-state index in [1.54, 1.807) is 0 Å². The molecule has 3 atom stereocenters. The van der Waals surface area contributed by atoms with Gasteiger partial charge in [0.25, 0.3) is 0 Å². The second-order valence-electron chi connectivity index (χ2n) is 7.57. The van der Waals surface area contributed by atoms with Crippen LogP contribution >= 0.6 is 0 Å². The van der Waals surface area contributed by atoms with Crippen molar-refractivity contribution in [2.24, 2.45) is 23.8 Å². The summed E-state index contributed by atoms with van der Waals surface area (Å²) >= 11 is 0. The minimum atomic E-state index is 0.460. The van der Waals surface area contributed by atoms with Gasteiger partial charge in [-0.05, 0) is 54.5 Å². The number of rotatable bonds is 4. The number of aryl methyl sites for hydroxylation is 1. The first-order valence-corrected chi connectivity index (χ1v) is 7.63. The highest BCUT2D eigenvalue weighted by Gasteiger charge is 2.58. The zero-order valence-electron chi connectivity index (χ0n) is 12.7. The maximum Gasteiger partial charge on any atom is 0.0522 e. The van der Waals surface area contributed by atoms with Gasteiger partial charge < -0.3 is 5.32 Å². The van der Waals surface area contributed by atoms with Crippen molar-refractivity contribution < 1.29 is 0 Å². The van der Waals surface area contributed by atoms with Gasteiger partial charge in [-0.2, -0.15) is 5.10 Å². The van der Waals surface area contributed by atoms with E-state index in [0.29, 0.717) is 16.9 Å². The number of fused-ring (bicyclic) bond motifs is 2. The predicted molar refractivity (Wildman–Crippen MR) is 77.9 cm³/mol. The Kier molecular flexibility index (Phi) is 3.01. The third-order valence-corrected chi connectivity index (χ3v) is 5.79. The number of aromatic nitrogens is 2. The van der Waals surface area contributed by atoms with Crippen LogP contribution in [0.15, 0.2) is 12.4 Å². The lowest BCUT2D eigenvalue weighted by Crippen LogP contribution is -2.50. The molecule has 3 nitrogen and oxygen atoms in total. The molecular formula is C16H27N3. The van der Waals surface area contributed by atoms with Gasteiger partial charge in [-0.15, -0.1) is 0 Å². The van der Waals surface area contributed by atoms with Gasteiger partial charge in [0, 0.05) is 19.3 Å². The average molecular weight is 261 g/mol. The summed E-state index contributed by atoms with van der Waals surface area (Å²) in [6, 6.07) is 0.676. The summed E-state index contributed by atoms with van der Waals surface area (Å²) in [5, 5.41) is 8.10. The van der Waals surface area contributed by atoms with E-state index in [9.17, 15) is 0 Å². The molecule has 106 valence electrons.